The van der Waals surface area contributed by atoms with Gasteiger partial charge in [0.15, 0.2) is 5.96 Å². The SMILES string of the molecule is CCN1CCN(Cc2ccc(CN=C(N(C)C)N(C)C)cc2)CC1. The lowest BCUT2D eigenvalue weighted by Crippen LogP contribution is -2.45. The maximum Gasteiger partial charge on any atom is 0.195 e. The fraction of sp³-hybridized carbons (Fsp3) is 0.632. The Labute approximate surface area is 147 Å². The van der Waals surface area contributed by atoms with Gasteiger partial charge in [-0.3, -0.25) is 4.90 Å². The number of aliphatic imine (C=N–C) groups is 1. The average molecular weight is 332 g/mol. The molecule has 1 saturated heterocycles. The van der Waals surface area contributed by atoms with Gasteiger partial charge in [0.25, 0.3) is 0 Å². The quantitative estimate of drug-likeness (QED) is 0.607. The summed E-state index contributed by atoms with van der Waals surface area (Å²) in [6, 6.07) is 8.93. The van der Waals surface area contributed by atoms with E-state index < -0.39 is 0 Å². The van der Waals surface area contributed by atoms with E-state index in [1.807, 2.05) is 38.0 Å². The molecule has 0 bridgehead atoms. The predicted molar refractivity (Wildman–Crippen MR) is 102 cm³/mol. The number of guanidine groups is 1. The third-order valence-electron chi connectivity index (χ3n) is 4.54. The highest BCUT2D eigenvalue weighted by Crippen LogP contribution is 2.11. The van der Waals surface area contributed by atoms with Crippen molar-refractivity contribution in [2.45, 2.75) is 20.0 Å². The Hall–Kier alpha value is -1.59. The van der Waals surface area contributed by atoms with Crippen LogP contribution in [0.15, 0.2) is 29.3 Å². The third-order valence-corrected chi connectivity index (χ3v) is 4.54. The summed E-state index contributed by atoms with van der Waals surface area (Å²) < 4.78 is 0. The van der Waals surface area contributed by atoms with Gasteiger partial charge in [0.2, 0.25) is 0 Å². The zero-order valence-corrected chi connectivity index (χ0v) is 16.0. The topological polar surface area (TPSA) is 25.3 Å². The van der Waals surface area contributed by atoms with Gasteiger partial charge in [-0.25, -0.2) is 4.99 Å². The van der Waals surface area contributed by atoms with E-state index in [0.29, 0.717) is 0 Å². The zero-order chi connectivity index (χ0) is 17.5. The first kappa shape index (κ1) is 18.7. The lowest BCUT2D eigenvalue weighted by Gasteiger charge is -2.34. The van der Waals surface area contributed by atoms with Gasteiger partial charge in [0, 0.05) is 60.9 Å². The van der Waals surface area contributed by atoms with Gasteiger partial charge in [0.05, 0.1) is 6.54 Å². The lowest BCUT2D eigenvalue weighted by atomic mass is 10.1. The summed E-state index contributed by atoms with van der Waals surface area (Å²) in [6.45, 7) is 9.94. The molecule has 0 atom stereocenters. The van der Waals surface area contributed by atoms with Crippen LogP contribution < -0.4 is 0 Å². The Balaban J connectivity index is 1.88. The van der Waals surface area contributed by atoms with Crippen LogP contribution in [0.2, 0.25) is 0 Å². The minimum Gasteiger partial charge on any atom is -0.349 e. The van der Waals surface area contributed by atoms with Crippen molar-refractivity contribution >= 4 is 5.96 Å². The van der Waals surface area contributed by atoms with Crippen molar-refractivity contribution in [2.24, 2.45) is 4.99 Å². The number of benzene rings is 1. The largest absolute Gasteiger partial charge is 0.349 e. The number of rotatable bonds is 5. The molecule has 0 saturated carbocycles. The molecule has 1 heterocycles. The van der Waals surface area contributed by atoms with E-state index in [4.69, 9.17) is 4.99 Å². The predicted octanol–water partition coefficient (Wildman–Crippen LogP) is 1.80. The van der Waals surface area contributed by atoms with Crippen molar-refractivity contribution in [2.75, 3.05) is 60.9 Å². The van der Waals surface area contributed by atoms with Gasteiger partial charge in [-0.2, -0.15) is 0 Å². The van der Waals surface area contributed by atoms with E-state index >= 15 is 0 Å². The Morgan fingerprint density at radius 1 is 0.875 bits per heavy atom. The summed E-state index contributed by atoms with van der Waals surface area (Å²) in [7, 11) is 8.11. The molecule has 0 amide bonds. The minimum atomic E-state index is 0.723. The fourth-order valence-electron chi connectivity index (χ4n) is 3.12. The van der Waals surface area contributed by atoms with Crippen molar-refractivity contribution in [1.82, 2.24) is 19.6 Å². The first-order valence-corrected chi connectivity index (χ1v) is 8.91. The molecular formula is C19H33N5. The van der Waals surface area contributed by atoms with E-state index in [9.17, 15) is 0 Å². The normalized spacial score (nSPS) is 16.0. The van der Waals surface area contributed by atoms with Gasteiger partial charge in [0.1, 0.15) is 0 Å². The van der Waals surface area contributed by atoms with Crippen molar-refractivity contribution in [1.29, 1.82) is 0 Å². The molecule has 1 aliphatic heterocycles. The molecule has 0 aromatic heterocycles. The number of nitrogens with zero attached hydrogens (tertiary/aromatic N) is 5. The van der Waals surface area contributed by atoms with Gasteiger partial charge in [-0.15, -0.1) is 0 Å². The zero-order valence-electron chi connectivity index (χ0n) is 16.0. The second-order valence-corrected chi connectivity index (χ2v) is 6.93. The van der Waals surface area contributed by atoms with Crippen molar-refractivity contribution < 1.29 is 0 Å². The molecule has 0 radical (unpaired) electrons. The van der Waals surface area contributed by atoms with Crippen molar-refractivity contribution in [3.8, 4) is 0 Å². The second kappa shape index (κ2) is 9.04. The van der Waals surface area contributed by atoms with Crippen LogP contribution in [0.4, 0.5) is 0 Å². The molecule has 0 unspecified atom stereocenters. The first-order chi connectivity index (χ1) is 11.5. The second-order valence-electron chi connectivity index (χ2n) is 6.93. The van der Waals surface area contributed by atoms with Crippen LogP contribution in [-0.2, 0) is 13.1 Å². The van der Waals surface area contributed by atoms with Crippen LogP contribution in [0, 0.1) is 0 Å². The molecule has 0 aliphatic carbocycles. The highest BCUT2D eigenvalue weighted by Gasteiger charge is 2.15. The monoisotopic (exact) mass is 331 g/mol. The number of likely N-dealkylation sites (N-methyl/N-ethyl adjacent to an activating group) is 1. The van der Waals surface area contributed by atoms with E-state index in [0.717, 1.165) is 19.0 Å². The molecule has 134 valence electrons. The summed E-state index contributed by atoms with van der Waals surface area (Å²) >= 11 is 0. The molecular weight excluding hydrogens is 298 g/mol. The number of hydrogen-bond acceptors (Lipinski definition) is 3. The van der Waals surface area contributed by atoms with Crippen molar-refractivity contribution in [3.63, 3.8) is 0 Å². The standard InChI is InChI=1S/C19H33N5/c1-6-23-11-13-24(14-12-23)16-18-9-7-17(8-10-18)15-20-19(21(2)3)22(4)5/h7-10H,6,11-16H2,1-5H3. The molecule has 0 spiro atoms. The van der Waals surface area contributed by atoms with Gasteiger partial charge >= 0.3 is 0 Å². The van der Waals surface area contributed by atoms with Gasteiger partial charge in [-0.1, -0.05) is 31.2 Å². The highest BCUT2D eigenvalue weighted by molar-refractivity contribution is 5.79. The van der Waals surface area contributed by atoms with Crippen molar-refractivity contribution in [3.05, 3.63) is 35.4 Å². The molecule has 1 aliphatic rings. The molecule has 1 aromatic rings. The highest BCUT2D eigenvalue weighted by atomic mass is 15.3. The Kier molecular flexibility index (Phi) is 7.06. The van der Waals surface area contributed by atoms with E-state index in [1.165, 1.54) is 43.9 Å². The van der Waals surface area contributed by atoms with E-state index in [2.05, 4.69) is 41.0 Å². The maximum absolute atomic E-state index is 4.71. The molecule has 1 aromatic carbocycles. The molecule has 1 fully saturated rings. The number of hydrogen-bond donors (Lipinski definition) is 0. The van der Waals surface area contributed by atoms with Crippen LogP contribution in [0.1, 0.15) is 18.1 Å². The average Bonchev–Trinajstić information content (AvgIpc) is 2.56. The van der Waals surface area contributed by atoms with Crippen LogP contribution in [0.3, 0.4) is 0 Å². The summed E-state index contributed by atoms with van der Waals surface area (Å²) in [4.78, 5) is 13.9. The molecule has 5 heteroatoms. The lowest BCUT2D eigenvalue weighted by molar-refractivity contribution is 0.132. The van der Waals surface area contributed by atoms with Crippen LogP contribution in [0.5, 0.6) is 0 Å². The Bertz CT molecular complexity index is 503. The molecule has 0 N–H and O–H groups in total. The summed E-state index contributed by atoms with van der Waals surface area (Å²) in [5.74, 6) is 0.993. The minimum absolute atomic E-state index is 0.723. The van der Waals surface area contributed by atoms with E-state index in [-0.39, 0.29) is 0 Å². The van der Waals surface area contributed by atoms with Crippen LogP contribution >= 0.6 is 0 Å². The van der Waals surface area contributed by atoms with Gasteiger partial charge in [-0.05, 0) is 17.7 Å². The first-order valence-electron chi connectivity index (χ1n) is 8.91. The molecule has 5 nitrogen and oxygen atoms in total. The van der Waals surface area contributed by atoms with E-state index in [1.54, 1.807) is 0 Å². The number of piperazine rings is 1. The van der Waals surface area contributed by atoms with Crippen LogP contribution in [-0.4, -0.2) is 86.5 Å². The summed E-state index contributed by atoms with van der Waals surface area (Å²) in [5.41, 5.74) is 2.66. The summed E-state index contributed by atoms with van der Waals surface area (Å²) in [6.07, 6.45) is 0. The molecule has 24 heavy (non-hydrogen) atoms. The summed E-state index contributed by atoms with van der Waals surface area (Å²) in [5, 5.41) is 0. The van der Waals surface area contributed by atoms with Gasteiger partial charge < -0.3 is 14.7 Å². The molecule has 2 rings (SSSR count). The maximum atomic E-state index is 4.71. The Morgan fingerprint density at radius 3 is 1.88 bits per heavy atom. The smallest absolute Gasteiger partial charge is 0.195 e. The third kappa shape index (κ3) is 5.49. The fourth-order valence-corrected chi connectivity index (χ4v) is 3.12. The Morgan fingerprint density at radius 2 is 1.38 bits per heavy atom. The van der Waals surface area contributed by atoms with Crippen LogP contribution in [0.25, 0.3) is 0 Å².